The SMILES string of the molecule is CC(C)(Oc1ccc(-c2nc(C(=O)Nc3ccc(C(F)(F)F)cc3)c(-c3ccccc3)s2)cc1)C(=O)O. The minimum Gasteiger partial charge on any atom is -0.478 e. The first-order valence-electron chi connectivity index (χ1n) is 11.0. The number of hydrogen-bond donors (Lipinski definition) is 2. The molecule has 10 heteroatoms. The second kappa shape index (κ2) is 10.1. The summed E-state index contributed by atoms with van der Waals surface area (Å²) in [7, 11) is 0. The van der Waals surface area contributed by atoms with Gasteiger partial charge in [0.1, 0.15) is 16.5 Å². The summed E-state index contributed by atoms with van der Waals surface area (Å²) < 4.78 is 44.1. The Balaban J connectivity index is 1.64. The van der Waals surface area contributed by atoms with Crippen molar-refractivity contribution in [3.8, 4) is 26.8 Å². The van der Waals surface area contributed by atoms with E-state index in [1.165, 1.54) is 37.3 Å². The zero-order chi connectivity index (χ0) is 26.8. The van der Waals surface area contributed by atoms with Gasteiger partial charge >= 0.3 is 12.1 Å². The van der Waals surface area contributed by atoms with Gasteiger partial charge in [0.15, 0.2) is 5.60 Å². The Hall–Kier alpha value is -4.18. The van der Waals surface area contributed by atoms with Crippen LogP contribution in [0.5, 0.6) is 5.75 Å². The van der Waals surface area contributed by atoms with Gasteiger partial charge in [0.05, 0.1) is 10.4 Å². The summed E-state index contributed by atoms with van der Waals surface area (Å²) in [6.45, 7) is 2.88. The van der Waals surface area contributed by atoms with Crippen LogP contribution in [0.25, 0.3) is 21.0 Å². The van der Waals surface area contributed by atoms with Gasteiger partial charge < -0.3 is 15.2 Å². The molecule has 3 aromatic carbocycles. The number of aliphatic carboxylic acids is 1. The topological polar surface area (TPSA) is 88.5 Å². The summed E-state index contributed by atoms with van der Waals surface area (Å²) in [4.78, 5) is 29.6. The molecular weight excluding hydrogens is 505 g/mol. The molecule has 0 unspecified atom stereocenters. The van der Waals surface area contributed by atoms with Crippen LogP contribution >= 0.6 is 11.3 Å². The quantitative estimate of drug-likeness (QED) is 0.271. The van der Waals surface area contributed by atoms with E-state index in [-0.39, 0.29) is 11.4 Å². The molecule has 0 saturated carbocycles. The second-order valence-corrected chi connectivity index (χ2v) is 9.53. The third-order valence-electron chi connectivity index (χ3n) is 5.34. The number of halogens is 3. The number of ether oxygens (including phenoxy) is 1. The molecule has 2 N–H and O–H groups in total. The minimum atomic E-state index is -4.48. The van der Waals surface area contributed by atoms with Gasteiger partial charge in [-0.1, -0.05) is 30.3 Å². The Bertz CT molecular complexity index is 1420. The van der Waals surface area contributed by atoms with Gasteiger partial charge in [-0.2, -0.15) is 13.2 Å². The van der Waals surface area contributed by atoms with Crippen LogP contribution < -0.4 is 10.1 Å². The molecule has 0 radical (unpaired) electrons. The van der Waals surface area contributed by atoms with Gasteiger partial charge in [-0.05, 0) is 67.9 Å². The van der Waals surface area contributed by atoms with Gasteiger partial charge in [0.25, 0.3) is 5.91 Å². The van der Waals surface area contributed by atoms with Gasteiger partial charge in [-0.25, -0.2) is 9.78 Å². The van der Waals surface area contributed by atoms with Crippen molar-refractivity contribution < 1.29 is 32.6 Å². The number of amides is 1. The molecule has 0 saturated heterocycles. The van der Waals surface area contributed by atoms with Crippen molar-refractivity contribution in [2.75, 3.05) is 5.32 Å². The third-order valence-corrected chi connectivity index (χ3v) is 6.49. The number of nitrogens with one attached hydrogen (secondary N) is 1. The lowest BCUT2D eigenvalue weighted by Crippen LogP contribution is -2.37. The average molecular weight is 527 g/mol. The van der Waals surface area contributed by atoms with Crippen LogP contribution in [0.1, 0.15) is 29.9 Å². The second-order valence-electron chi connectivity index (χ2n) is 8.53. The van der Waals surface area contributed by atoms with Gasteiger partial charge in [0, 0.05) is 11.3 Å². The van der Waals surface area contributed by atoms with Crippen LogP contribution in [0.4, 0.5) is 18.9 Å². The summed E-state index contributed by atoms with van der Waals surface area (Å²) in [5.41, 5.74) is -0.464. The Labute approximate surface area is 214 Å². The predicted molar refractivity (Wildman–Crippen MR) is 135 cm³/mol. The number of alkyl halides is 3. The highest BCUT2D eigenvalue weighted by Gasteiger charge is 2.31. The van der Waals surface area contributed by atoms with E-state index >= 15 is 0 Å². The maximum atomic E-state index is 13.1. The molecule has 190 valence electrons. The summed E-state index contributed by atoms with van der Waals surface area (Å²) in [5.74, 6) is -1.31. The maximum Gasteiger partial charge on any atom is 0.416 e. The lowest BCUT2D eigenvalue weighted by molar-refractivity contribution is -0.152. The third kappa shape index (κ3) is 5.97. The normalized spacial score (nSPS) is 11.7. The highest BCUT2D eigenvalue weighted by Crippen LogP contribution is 2.37. The Kier molecular flexibility index (Phi) is 7.04. The Morgan fingerprint density at radius 2 is 1.51 bits per heavy atom. The summed E-state index contributed by atoms with van der Waals surface area (Å²) in [6.07, 6.45) is -4.48. The molecule has 6 nitrogen and oxygen atoms in total. The van der Waals surface area contributed by atoms with Gasteiger partial charge in [-0.15, -0.1) is 11.3 Å². The van der Waals surface area contributed by atoms with Crippen molar-refractivity contribution in [1.82, 2.24) is 4.98 Å². The molecule has 0 aliphatic carbocycles. The van der Waals surface area contributed by atoms with Gasteiger partial charge in [0.2, 0.25) is 0 Å². The molecule has 0 aliphatic rings. The fraction of sp³-hybridized carbons (Fsp3) is 0.148. The summed E-state index contributed by atoms with van der Waals surface area (Å²) in [5, 5.41) is 12.4. The number of carbonyl (C=O) groups is 2. The molecule has 1 aromatic heterocycles. The van der Waals surface area contributed by atoms with E-state index in [9.17, 15) is 27.9 Å². The molecule has 0 aliphatic heterocycles. The first kappa shape index (κ1) is 25.9. The molecule has 0 fully saturated rings. The van der Waals surface area contributed by atoms with Crippen LogP contribution in [0, 0.1) is 0 Å². The molecular formula is C27H21F3N2O4S. The number of aromatic nitrogens is 1. The summed E-state index contributed by atoms with van der Waals surface area (Å²) >= 11 is 1.28. The van der Waals surface area contributed by atoms with Crippen LogP contribution in [-0.4, -0.2) is 27.6 Å². The van der Waals surface area contributed by atoms with Crippen molar-refractivity contribution in [2.24, 2.45) is 0 Å². The molecule has 0 atom stereocenters. The number of hydrogen-bond acceptors (Lipinski definition) is 5. The molecule has 0 bridgehead atoms. The first-order valence-corrected chi connectivity index (χ1v) is 11.8. The molecule has 4 aromatic rings. The number of nitrogens with zero attached hydrogens (tertiary/aromatic N) is 1. The molecule has 1 heterocycles. The monoisotopic (exact) mass is 526 g/mol. The average Bonchev–Trinajstić information content (AvgIpc) is 3.30. The number of benzene rings is 3. The number of carboxylic acid groups (broad SMARTS) is 1. The van der Waals surface area contributed by atoms with E-state index in [2.05, 4.69) is 10.3 Å². The number of thiazole rings is 1. The van der Waals surface area contributed by atoms with E-state index in [0.717, 1.165) is 17.7 Å². The molecule has 4 rings (SSSR count). The predicted octanol–water partition coefficient (Wildman–Crippen LogP) is 6.99. The fourth-order valence-corrected chi connectivity index (χ4v) is 4.39. The van der Waals surface area contributed by atoms with Crippen molar-refractivity contribution in [2.45, 2.75) is 25.6 Å². The highest BCUT2D eigenvalue weighted by atomic mass is 32.1. The molecule has 0 spiro atoms. The van der Waals surface area contributed by atoms with Crippen LogP contribution in [0.2, 0.25) is 0 Å². The zero-order valence-corrected chi connectivity index (χ0v) is 20.5. The van der Waals surface area contributed by atoms with Crippen molar-refractivity contribution in [3.63, 3.8) is 0 Å². The lowest BCUT2D eigenvalue weighted by atomic mass is 10.1. The van der Waals surface area contributed by atoms with Crippen molar-refractivity contribution in [3.05, 3.63) is 90.1 Å². The van der Waals surface area contributed by atoms with E-state index in [4.69, 9.17) is 4.74 Å². The minimum absolute atomic E-state index is 0.124. The molecule has 1 amide bonds. The standard InChI is InChI=1S/C27H21F3N2O4S/c1-26(2,25(34)35)36-20-14-8-17(9-15-20)24-32-21(22(37-24)16-6-4-3-5-7-16)23(33)31-19-12-10-18(11-13-19)27(28,29)30/h3-15H,1-2H3,(H,31,33)(H,34,35). The van der Waals surface area contributed by atoms with Crippen molar-refractivity contribution >= 4 is 28.9 Å². The zero-order valence-electron chi connectivity index (χ0n) is 19.7. The highest BCUT2D eigenvalue weighted by molar-refractivity contribution is 7.18. The van der Waals surface area contributed by atoms with Crippen molar-refractivity contribution in [1.29, 1.82) is 0 Å². The van der Waals surface area contributed by atoms with Crippen LogP contribution in [0.3, 0.4) is 0 Å². The fourth-order valence-electron chi connectivity index (χ4n) is 3.32. The van der Waals surface area contributed by atoms with Crippen LogP contribution in [0.15, 0.2) is 78.9 Å². The molecule has 37 heavy (non-hydrogen) atoms. The van der Waals surface area contributed by atoms with Crippen LogP contribution in [-0.2, 0) is 11.0 Å². The number of carbonyl (C=O) groups excluding carboxylic acids is 1. The summed E-state index contributed by atoms with van der Waals surface area (Å²) in [6, 6.07) is 20.0. The van der Waals surface area contributed by atoms with E-state index in [0.29, 0.717) is 21.2 Å². The van der Waals surface area contributed by atoms with E-state index < -0.39 is 29.2 Å². The number of anilines is 1. The van der Waals surface area contributed by atoms with Gasteiger partial charge in [-0.3, -0.25) is 4.79 Å². The maximum absolute atomic E-state index is 13.1. The number of carboxylic acids is 1. The Morgan fingerprint density at radius 3 is 2.08 bits per heavy atom. The largest absolute Gasteiger partial charge is 0.478 e. The van der Waals surface area contributed by atoms with E-state index in [1.54, 1.807) is 24.3 Å². The smallest absolute Gasteiger partial charge is 0.416 e. The lowest BCUT2D eigenvalue weighted by Gasteiger charge is -2.21. The van der Waals surface area contributed by atoms with E-state index in [1.807, 2.05) is 30.3 Å². The first-order chi connectivity index (χ1) is 17.4. The Morgan fingerprint density at radius 1 is 0.892 bits per heavy atom. The number of rotatable bonds is 7.